The minimum Gasteiger partial charge on any atom is -0.497 e. The van der Waals surface area contributed by atoms with Crippen LogP contribution in [-0.2, 0) is 4.79 Å². The number of methoxy groups -OCH3 is 1. The summed E-state index contributed by atoms with van der Waals surface area (Å²) >= 11 is 0. The van der Waals surface area contributed by atoms with E-state index < -0.39 is 0 Å². The molecule has 0 aliphatic rings. The molecule has 0 fully saturated rings. The first-order valence-electron chi connectivity index (χ1n) is 7.66. The first kappa shape index (κ1) is 17.5. The zero-order valence-corrected chi connectivity index (χ0v) is 14.4. The predicted octanol–water partition coefficient (Wildman–Crippen LogP) is 3.02. The van der Waals surface area contributed by atoms with Crippen LogP contribution in [0.1, 0.15) is 21.5 Å². The van der Waals surface area contributed by atoms with E-state index in [1.165, 1.54) is 4.90 Å². The summed E-state index contributed by atoms with van der Waals surface area (Å²) in [7, 11) is 3.20. The highest BCUT2D eigenvalue weighted by Gasteiger charge is 2.15. The van der Waals surface area contributed by atoms with Crippen molar-refractivity contribution in [2.75, 3.05) is 26.0 Å². The molecule has 1 N–H and O–H groups in total. The maximum atomic E-state index is 12.4. The van der Waals surface area contributed by atoms with Crippen molar-refractivity contribution >= 4 is 17.5 Å². The molecule has 2 amide bonds. The summed E-state index contributed by atoms with van der Waals surface area (Å²) < 4.78 is 5.07. The third kappa shape index (κ3) is 4.59. The van der Waals surface area contributed by atoms with Crippen LogP contribution in [0.25, 0.3) is 0 Å². The van der Waals surface area contributed by atoms with Gasteiger partial charge in [0.05, 0.1) is 13.7 Å². The molecule has 0 radical (unpaired) electrons. The van der Waals surface area contributed by atoms with Gasteiger partial charge in [0.25, 0.3) is 5.91 Å². The number of hydrogen-bond acceptors (Lipinski definition) is 3. The van der Waals surface area contributed by atoms with E-state index in [2.05, 4.69) is 5.32 Å². The summed E-state index contributed by atoms with van der Waals surface area (Å²) in [4.78, 5) is 26.0. The smallest absolute Gasteiger partial charge is 0.254 e. The lowest BCUT2D eigenvalue weighted by molar-refractivity contribution is -0.116. The Bertz CT molecular complexity index is 719. The zero-order chi connectivity index (χ0) is 17.7. The zero-order valence-electron chi connectivity index (χ0n) is 14.4. The Kier molecular flexibility index (Phi) is 5.58. The van der Waals surface area contributed by atoms with Crippen LogP contribution in [0, 0.1) is 13.8 Å². The number of likely N-dealkylation sites (N-methyl/N-ethyl adjacent to an activating group) is 1. The van der Waals surface area contributed by atoms with E-state index in [-0.39, 0.29) is 18.4 Å². The number of benzene rings is 2. The molecule has 0 spiro atoms. The normalized spacial score (nSPS) is 10.2. The molecule has 0 bridgehead atoms. The Morgan fingerprint density at radius 1 is 1.04 bits per heavy atom. The highest BCUT2D eigenvalue weighted by atomic mass is 16.5. The molecule has 126 valence electrons. The average Bonchev–Trinajstić information content (AvgIpc) is 2.53. The molecule has 24 heavy (non-hydrogen) atoms. The minimum atomic E-state index is -0.250. The molecular weight excluding hydrogens is 304 g/mol. The lowest BCUT2D eigenvalue weighted by Crippen LogP contribution is -2.35. The molecule has 5 heteroatoms. The number of carbonyl (C=O) groups excluding carboxylic acids is 2. The van der Waals surface area contributed by atoms with Crippen LogP contribution in [-0.4, -0.2) is 37.4 Å². The van der Waals surface area contributed by atoms with Crippen LogP contribution >= 0.6 is 0 Å². The topological polar surface area (TPSA) is 58.6 Å². The number of carbonyl (C=O) groups is 2. The van der Waals surface area contributed by atoms with Crippen LogP contribution in [0.2, 0.25) is 0 Å². The van der Waals surface area contributed by atoms with Crippen molar-refractivity contribution in [3.8, 4) is 5.75 Å². The minimum absolute atomic E-state index is 0.0160. The highest BCUT2D eigenvalue weighted by Crippen LogP contribution is 2.15. The molecule has 0 heterocycles. The predicted molar refractivity (Wildman–Crippen MR) is 94.5 cm³/mol. The average molecular weight is 326 g/mol. The quantitative estimate of drug-likeness (QED) is 0.919. The van der Waals surface area contributed by atoms with Crippen molar-refractivity contribution in [1.29, 1.82) is 0 Å². The van der Waals surface area contributed by atoms with E-state index in [1.54, 1.807) is 38.4 Å². The summed E-state index contributed by atoms with van der Waals surface area (Å²) in [5.41, 5.74) is 3.30. The summed E-state index contributed by atoms with van der Waals surface area (Å²) in [6, 6.07) is 12.7. The van der Waals surface area contributed by atoms with E-state index in [4.69, 9.17) is 4.74 Å². The summed E-state index contributed by atoms with van der Waals surface area (Å²) in [6.07, 6.45) is 0. The second-order valence-corrected chi connectivity index (χ2v) is 5.81. The number of amides is 2. The number of aryl methyl sites for hydroxylation is 2. The van der Waals surface area contributed by atoms with Crippen LogP contribution in [0.3, 0.4) is 0 Å². The van der Waals surface area contributed by atoms with Crippen molar-refractivity contribution in [3.05, 3.63) is 59.2 Å². The largest absolute Gasteiger partial charge is 0.497 e. The molecule has 5 nitrogen and oxygen atoms in total. The molecule has 0 aromatic heterocycles. The molecule has 0 aliphatic carbocycles. The first-order valence-corrected chi connectivity index (χ1v) is 7.66. The van der Waals surface area contributed by atoms with Crippen molar-refractivity contribution in [2.45, 2.75) is 13.8 Å². The fourth-order valence-corrected chi connectivity index (χ4v) is 2.48. The van der Waals surface area contributed by atoms with Gasteiger partial charge < -0.3 is 15.0 Å². The van der Waals surface area contributed by atoms with Gasteiger partial charge in [-0.05, 0) is 50.2 Å². The summed E-state index contributed by atoms with van der Waals surface area (Å²) in [5.74, 6) is 0.294. The number of anilines is 1. The lowest BCUT2D eigenvalue weighted by Gasteiger charge is -2.17. The van der Waals surface area contributed by atoms with Gasteiger partial charge in [-0.15, -0.1) is 0 Å². The Morgan fingerprint density at radius 2 is 1.62 bits per heavy atom. The van der Waals surface area contributed by atoms with E-state index >= 15 is 0 Å². The van der Waals surface area contributed by atoms with Crippen LogP contribution < -0.4 is 10.1 Å². The molecule has 0 saturated heterocycles. The lowest BCUT2D eigenvalue weighted by atomic mass is 10.1. The maximum Gasteiger partial charge on any atom is 0.254 e. The molecule has 0 saturated carbocycles. The van der Waals surface area contributed by atoms with Gasteiger partial charge in [0, 0.05) is 18.3 Å². The van der Waals surface area contributed by atoms with Gasteiger partial charge in [-0.3, -0.25) is 9.59 Å². The second kappa shape index (κ2) is 7.64. The fraction of sp³-hybridized carbons (Fsp3) is 0.263. The van der Waals surface area contributed by atoms with Crippen LogP contribution in [0.5, 0.6) is 5.75 Å². The Hall–Kier alpha value is -2.82. The summed E-state index contributed by atoms with van der Waals surface area (Å²) in [5, 5.41) is 2.76. The van der Waals surface area contributed by atoms with Gasteiger partial charge in [-0.2, -0.15) is 0 Å². The molecule has 2 aromatic rings. The Balaban J connectivity index is 1.98. The standard InChI is InChI=1S/C19H22N2O3/c1-13-9-14(2)11-15(10-13)19(23)21(3)12-18(22)20-16-5-7-17(24-4)8-6-16/h5-11H,12H2,1-4H3,(H,20,22). The van der Waals surface area contributed by atoms with E-state index in [0.29, 0.717) is 11.3 Å². The summed E-state index contributed by atoms with van der Waals surface area (Å²) in [6.45, 7) is 3.87. The van der Waals surface area contributed by atoms with E-state index in [9.17, 15) is 9.59 Å². The van der Waals surface area contributed by atoms with Gasteiger partial charge in [-0.25, -0.2) is 0 Å². The number of hydrogen-bond donors (Lipinski definition) is 1. The molecule has 0 atom stereocenters. The molecule has 2 rings (SSSR count). The third-order valence-corrected chi connectivity index (χ3v) is 3.57. The number of rotatable bonds is 5. The fourth-order valence-electron chi connectivity index (χ4n) is 2.48. The van der Waals surface area contributed by atoms with Crippen molar-refractivity contribution < 1.29 is 14.3 Å². The van der Waals surface area contributed by atoms with E-state index in [0.717, 1.165) is 16.9 Å². The van der Waals surface area contributed by atoms with Gasteiger partial charge in [-0.1, -0.05) is 17.2 Å². The van der Waals surface area contributed by atoms with Gasteiger partial charge >= 0.3 is 0 Å². The van der Waals surface area contributed by atoms with Gasteiger partial charge in [0.1, 0.15) is 5.75 Å². The molecule has 0 unspecified atom stereocenters. The Morgan fingerprint density at radius 3 is 2.17 bits per heavy atom. The monoisotopic (exact) mass is 326 g/mol. The number of nitrogens with one attached hydrogen (secondary N) is 1. The van der Waals surface area contributed by atoms with E-state index in [1.807, 2.05) is 32.0 Å². The van der Waals surface area contributed by atoms with Crippen molar-refractivity contribution in [2.24, 2.45) is 0 Å². The van der Waals surface area contributed by atoms with Crippen molar-refractivity contribution in [3.63, 3.8) is 0 Å². The van der Waals surface area contributed by atoms with Crippen LogP contribution in [0.15, 0.2) is 42.5 Å². The SMILES string of the molecule is COc1ccc(NC(=O)CN(C)C(=O)c2cc(C)cc(C)c2)cc1. The number of ether oxygens (including phenoxy) is 1. The molecule has 2 aromatic carbocycles. The van der Waals surface area contributed by atoms with Gasteiger partial charge in [0.2, 0.25) is 5.91 Å². The molecular formula is C19H22N2O3. The number of nitrogens with zero attached hydrogens (tertiary/aromatic N) is 1. The Labute approximate surface area is 142 Å². The van der Waals surface area contributed by atoms with Crippen LogP contribution in [0.4, 0.5) is 5.69 Å². The maximum absolute atomic E-state index is 12.4. The first-order chi connectivity index (χ1) is 11.4. The van der Waals surface area contributed by atoms with Crippen molar-refractivity contribution in [1.82, 2.24) is 4.90 Å². The second-order valence-electron chi connectivity index (χ2n) is 5.81. The van der Waals surface area contributed by atoms with Gasteiger partial charge in [0.15, 0.2) is 0 Å². The third-order valence-electron chi connectivity index (χ3n) is 3.57. The highest BCUT2D eigenvalue weighted by molar-refractivity contribution is 5.99. The molecule has 0 aliphatic heterocycles.